The number of aromatic nitrogens is 1. The molecule has 1 N–H and O–H groups in total. The molecular formula is C22H28N4O2. The number of nitrogens with zero attached hydrogens (tertiary/aromatic N) is 3. The Morgan fingerprint density at radius 1 is 1.29 bits per heavy atom. The summed E-state index contributed by atoms with van der Waals surface area (Å²) in [6.07, 6.45) is 4.72. The molecular weight excluding hydrogens is 352 g/mol. The van der Waals surface area contributed by atoms with Crippen LogP contribution in [0, 0.1) is 6.92 Å². The maximum Gasteiger partial charge on any atom is 0.254 e. The molecule has 3 heterocycles. The zero-order chi connectivity index (χ0) is 19.5. The first-order valence-electron chi connectivity index (χ1n) is 10.1. The van der Waals surface area contributed by atoms with Crippen LogP contribution < -0.4 is 5.32 Å². The molecule has 148 valence electrons. The maximum absolute atomic E-state index is 12.7. The second-order valence-electron chi connectivity index (χ2n) is 7.54. The predicted molar refractivity (Wildman–Crippen MR) is 109 cm³/mol. The van der Waals surface area contributed by atoms with Crippen LogP contribution >= 0.6 is 0 Å². The van der Waals surface area contributed by atoms with Crippen molar-refractivity contribution in [1.29, 1.82) is 0 Å². The largest absolute Gasteiger partial charge is 0.379 e. The fourth-order valence-corrected chi connectivity index (χ4v) is 4.18. The Bertz CT molecular complexity index is 834. The monoisotopic (exact) mass is 380 g/mol. The highest BCUT2D eigenvalue weighted by molar-refractivity contribution is 6.00. The molecule has 0 bridgehead atoms. The molecule has 6 nitrogen and oxygen atoms in total. The Morgan fingerprint density at radius 3 is 2.82 bits per heavy atom. The molecule has 2 aliphatic rings. The molecule has 1 saturated heterocycles. The van der Waals surface area contributed by atoms with Gasteiger partial charge >= 0.3 is 0 Å². The molecule has 0 radical (unpaired) electrons. The molecule has 1 amide bonds. The molecule has 0 spiro atoms. The summed E-state index contributed by atoms with van der Waals surface area (Å²) in [7, 11) is 0. The number of carbonyl (C=O) groups excluding carboxylic acids is 1. The van der Waals surface area contributed by atoms with Gasteiger partial charge in [-0.15, -0.1) is 0 Å². The summed E-state index contributed by atoms with van der Waals surface area (Å²) >= 11 is 0. The number of aryl methyl sites for hydroxylation is 1. The Morgan fingerprint density at radius 2 is 2.11 bits per heavy atom. The predicted octanol–water partition coefficient (Wildman–Crippen LogP) is 3.20. The minimum absolute atomic E-state index is 0.0268. The van der Waals surface area contributed by atoms with E-state index in [9.17, 15) is 4.79 Å². The van der Waals surface area contributed by atoms with Crippen molar-refractivity contribution in [2.75, 3.05) is 38.2 Å². The fraction of sp³-hybridized carbons (Fsp3) is 0.455. The third-order valence-electron chi connectivity index (χ3n) is 5.49. The molecule has 1 aromatic heterocycles. The van der Waals surface area contributed by atoms with Crippen molar-refractivity contribution in [3.8, 4) is 0 Å². The summed E-state index contributed by atoms with van der Waals surface area (Å²) in [5.74, 6) is 0.165. The number of ether oxygens (including phenoxy) is 1. The van der Waals surface area contributed by atoms with Gasteiger partial charge in [-0.05, 0) is 42.7 Å². The minimum atomic E-state index is 0.0268. The Hall–Kier alpha value is -2.44. The topological polar surface area (TPSA) is 57.7 Å². The third-order valence-corrected chi connectivity index (χ3v) is 5.49. The number of fused-ring (bicyclic) bond motifs is 1. The van der Waals surface area contributed by atoms with Gasteiger partial charge in [0, 0.05) is 55.4 Å². The second kappa shape index (κ2) is 8.29. The van der Waals surface area contributed by atoms with E-state index >= 15 is 0 Å². The second-order valence-corrected chi connectivity index (χ2v) is 7.54. The zero-order valence-corrected chi connectivity index (χ0v) is 16.6. The molecule has 0 aliphatic carbocycles. The summed E-state index contributed by atoms with van der Waals surface area (Å²) < 4.78 is 5.53. The van der Waals surface area contributed by atoms with Crippen LogP contribution in [0.1, 0.15) is 46.6 Å². The first-order chi connectivity index (χ1) is 13.7. The summed E-state index contributed by atoms with van der Waals surface area (Å²) in [5.41, 5.74) is 5.21. The molecule has 1 atom stereocenters. The summed E-state index contributed by atoms with van der Waals surface area (Å²) in [6.45, 7) is 8.88. The van der Waals surface area contributed by atoms with Gasteiger partial charge in [-0.1, -0.05) is 13.0 Å². The van der Waals surface area contributed by atoms with E-state index in [1.807, 2.05) is 24.1 Å². The van der Waals surface area contributed by atoms with Crippen LogP contribution in [0.25, 0.3) is 0 Å². The van der Waals surface area contributed by atoms with Crippen molar-refractivity contribution in [2.24, 2.45) is 0 Å². The third kappa shape index (κ3) is 3.75. The molecule has 6 heteroatoms. The lowest BCUT2D eigenvalue weighted by Crippen LogP contribution is -2.42. The summed E-state index contributed by atoms with van der Waals surface area (Å²) in [6, 6.07) is 8.31. The van der Waals surface area contributed by atoms with E-state index in [0.29, 0.717) is 6.54 Å². The lowest BCUT2D eigenvalue weighted by molar-refractivity contribution is 0.0216. The highest BCUT2D eigenvalue weighted by atomic mass is 16.5. The van der Waals surface area contributed by atoms with Crippen LogP contribution in [0.3, 0.4) is 0 Å². The van der Waals surface area contributed by atoms with Gasteiger partial charge in [0.15, 0.2) is 0 Å². The maximum atomic E-state index is 12.7. The van der Waals surface area contributed by atoms with Gasteiger partial charge in [0.1, 0.15) is 6.17 Å². The van der Waals surface area contributed by atoms with E-state index in [2.05, 4.69) is 40.3 Å². The molecule has 0 saturated carbocycles. The van der Waals surface area contributed by atoms with Crippen molar-refractivity contribution in [3.05, 3.63) is 58.9 Å². The van der Waals surface area contributed by atoms with Gasteiger partial charge in [-0.2, -0.15) is 0 Å². The first kappa shape index (κ1) is 18.9. The van der Waals surface area contributed by atoms with Gasteiger partial charge in [0.2, 0.25) is 0 Å². The summed E-state index contributed by atoms with van der Waals surface area (Å²) in [4.78, 5) is 21.3. The van der Waals surface area contributed by atoms with Gasteiger partial charge in [-0.3, -0.25) is 14.7 Å². The number of carbonyl (C=O) groups is 1. The van der Waals surface area contributed by atoms with Crippen LogP contribution in [0.2, 0.25) is 0 Å². The lowest BCUT2D eigenvalue weighted by atomic mass is 10.0. The number of nitrogens with one attached hydrogen (secondary N) is 1. The number of hydrogen-bond acceptors (Lipinski definition) is 5. The smallest absolute Gasteiger partial charge is 0.254 e. The quantitative estimate of drug-likeness (QED) is 0.834. The van der Waals surface area contributed by atoms with Crippen molar-refractivity contribution in [2.45, 2.75) is 33.0 Å². The molecule has 1 unspecified atom stereocenters. The van der Waals surface area contributed by atoms with Crippen molar-refractivity contribution in [3.63, 3.8) is 0 Å². The van der Waals surface area contributed by atoms with Gasteiger partial charge in [0.05, 0.1) is 13.2 Å². The Balaban J connectivity index is 1.62. The molecule has 4 rings (SSSR count). The van der Waals surface area contributed by atoms with Gasteiger partial charge in [0.25, 0.3) is 5.91 Å². The highest BCUT2D eigenvalue weighted by Gasteiger charge is 2.29. The van der Waals surface area contributed by atoms with E-state index in [-0.39, 0.29) is 12.1 Å². The van der Waals surface area contributed by atoms with Crippen LogP contribution in [0.15, 0.2) is 36.7 Å². The molecule has 28 heavy (non-hydrogen) atoms. The number of anilines is 1. The van der Waals surface area contributed by atoms with Crippen LogP contribution in [-0.4, -0.2) is 53.5 Å². The van der Waals surface area contributed by atoms with Crippen molar-refractivity contribution in [1.82, 2.24) is 14.8 Å². The number of benzene rings is 1. The minimum Gasteiger partial charge on any atom is -0.379 e. The standard InChI is InChI=1S/C22H28N4O2/c1-3-7-26-15-18-13-19(12-16(2)20(18)22(26)27)24-21(17-5-4-6-23-14-17)25-8-10-28-11-9-25/h4-6,12-14,21,24H,3,7-11,15H2,1-2H3. The number of morpholine rings is 1. The fourth-order valence-electron chi connectivity index (χ4n) is 4.18. The normalized spacial score (nSPS) is 18.2. The lowest BCUT2D eigenvalue weighted by Gasteiger charge is -2.35. The average Bonchev–Trinajstić information content (AvgIpc) is 3.03. The van der Waals surface area contributed by atoms with Gasteiger partial charge in [-0.25, -0.2) is 0 Å². The van der Waals surface area contributed by atoms with E-state index in [4.69, 9.17) is 4.74 Å². The number of pyridine rings is 1. The zero-order valence-electron chi connectivity index (χ0n) is 16.6. The van der Waals surface area contributed by atoms with E-state index in [1.165, 1.54) is 0 Å². The number of hydrogen-bond donors (Lipinski definition) is 1. The first-order valence-corrected chi connectivity index (χ1v) is 10.1. The Labute approximate surface area is 166 Å². The molecule has 2 aliphatic heterocycles. The van der Waals surface area contributed by atoms with Crippen LogP contribution in [0.5, 0.6) is 0 Å². The van der Waals surface area contributed by atoms with Crippen molar-refractivity contribution >= 4 is 11.6 Å². The summed E-state index contributed by atoms with van der Waals surface area (Å²) in [5, 5.41) is 3.70. The van der Waals surface area contributed by atoms with Gasteiger partial charge < -0.3 is 15.0 Å². The highest BCUT2D eigenvalue weighted by Crippen LogP contribution is 2.31. The van der Waals surface area contributed by atoms with Crippen LogP contribution in [0.4, 0.5) is 5.69 Å². The van der Waals surface area contributed by atoms with E-state index < -0.39 is 0 Å². The number of amides is 1. The SMILES string of the molecule is CCCN1Cc2cc(NC(c3cccnc3)N3CCOCC3)cc(C)c2C1=O. The number of rotatable bonds is 6. The molecule has 1 fully saturated rings. The average molecular weight is 380 g/mol. The van der Waals surface area contributed by atoms with Crippen LogP contribution in [-0.2, 0) is 11.3 Å². The molecule has 2 aromatic rings. The van der Waals surface area contributed by atoms with E-state index in [1.54, 1.807) is 6.20 Å². The molecule has 1 aromatic carbocycles. The van der Waals surface area contributed by atoms with Crippen molar-refractivity contribution < 1.29 is 9.53 Å². The van der Waals surface area contributed by atoms with E-state index in [0.717, 1.165) is 67.2 Å². The Kier molecular flexibility index (Phi) is 5.59.